The maximum Gasteiger partial charge on any atom is -0.0443 e. The third-order valence-electron chi connectivity index (χ3n) is 8.64. The molecule has 0 amide bonds. The molecule has 0 aromatic rings. The molecular formula is C35H72. The van der Waals surface area contributed by atoms with Crippen molar-refractivity contribution in [2.75, 3.05) is 0 Å². The van der Waals surface area contributed by atoms with E-state index < -0.39 is 0 Å². The Kier molecular flexibility index (Phi) is 30.2. The van der Waals surface area contributed by atoms with Crippen LogP contribution in [0, 0.1) is 11.8 Å². The Morgan fingerprint density at radius 2 is 0.514 bits per heavy atom. The molecule has 0 rings (SSSR count). The van der Waals surface area contributed by atoms with Crippen molar-refractivity contribution in [1.29, 1.82) is 0 Å². The fourth-order valence-electron chi connectivity index (χ4n) is 5.61. The van der Waals surface area contributed by atoms with E-state index in [0.29, 0.717) is 0 Å². The second-order valence-corrected chi connectivity index (χ2v) is 12.5. The highest BCUT2D eigenvalue weighted by molar-refractivity contribution is 4.57. The van der Waals surface area contributed by atoms with Gasteiger partial charge in [-0.05, 0) is 11.8 Å². The molecule has 0 fully saturated rings. The lowest BCUT2D eigenvalue weighted by Gasteiger charge is -2.11. The zero-order chi connectivity index (χ0) is 25.7. The highest BCUT2D eigenvalue weighted by Crippen LogP contribution is 2.20. The van der Waals surface area contributed by atoms with E-state index in [1.807, 2.05) is 0 Å². The zero-order valence-electron chi connectivity index (χ0n) is 25.7. The first kappa shape index (κ1) is 35.0. The molecule has 0 aromatic carbocycles. The highest BCUT2D eigenvalue weighted by atomic mass is 14.1. The summed E-state index contributed by atoms with van der Waals surface area (Å²) in [6.45, 7) is 9.54. The normalized spacial score (nSPS) is 13.4. The average molecular weight is 493 g/mol. The molecule has 0 N–H and O–H groups in total. The molecule has 0 saturated carbocycles. The Morgan fingerprint density at radius 1 is 0.286 bits per heavy atom. The second kappa shape index (κ2) is 30.2. The lowest BCUT2D eigenvalue weighted by Crippen LogP contribution is -1.95. The van der Waals surface area contributed by atoms with Crippen LogP contribution in [0.3, 0.4) is 0 Å². The van der Waals surface area contributed by atoms with Crippen LogP contribution in [0.4, 0.5) is 0 Å². The van der Waals surface area contributed by atoms with Gasteiger partial charge in [0.2, 0.25) is 0 Å². The fraction of sp³-hybridized carbons (Fsp3) is 1.00. The van der Waals surface area contributed by atoms with Crippen molar-refractivity contribution in [2.24, 2.45) is 11.8 Å². The van der Waals surface area contributed by atoms with Crippen molar-refractivity contribution < 1.29 is 0 Å². The fourth-order valence-corrected chi connectivity index (χ4v) is 5.61. The van der Waals surface area contributed by atoms with Gasteiger partial charge in [0.15, 0.2) is 0 Å². The summed E-state index contributed by atoms with van der Waals surface area (Å²) in [5, 5.41) is 0. The molecule has 0 bridgehead atoms. The molecule has 0 heteroatoms. The summed E-state index contributed by atoms with van der Waals surface area (Å²) in [5.74, 6) is 1.91. The first-order valence-electron chi connectivity index (χ1n) is 17.2. The van der Waals surface area contributed by atoms with Gasteiger partial charge in [-0.25, -0.2) is 0 Å². The average Bonchev–Trinajstić information content (AvgIpc) is 2.86. The standard InChI is InChI=1S/C35H72/c1-5-7-8-9-10-11-12-13-14-15-16-17-18-19-20-22-26-29-32-35(4)33-30-27-24-21-23-25-28-31-34(3)6-2/h34-35H,5-33H2,1-4H3. The molecule has 2 atom stereocenters. The van der Waals surface area contributed by atoms with E-state index in [1.165, 1.54) is 186 Å². The summed E-state index contributed by atoms with van der Waals surface area (Å²) < 4.78 is 0. The summed E-state index contributed by atoms with van der Waals surface area (Å²) in [6.07, 6.45) is 42.7. The molecule has 0 aliphatic carbocycles. The van der Waals surface area contributed by atoms with E-state index in [2.05, 4.69) is 27.7 Å². The summed E-state index contributed by atoms with van der Waals surface area (Å²) >= 11 is 0. The molecule has 0 aromatic heterocycles. The van der Waals surface area contributed by atoms with E-state index in [-0.39, 0.29) is 0 Å². The molecule has 0 radical (unpaired) electrons. The van der Waals surface area contributed by atoms with Crippen LogP contribution >= 0.6 is 0 Å². The smallest absolute Gasteiger partial charge is 0.0443 e. The molecule has 35 heavy (non-hydrogen) atoms. The predicted octanol–water partition coefficient (Wildman–Crippen LogP) is 13.6. The van der Waals surface area contributed by atoms with Crippen molar-refractivity contribution in [3.8, 4) is 0 Å². The monoisotopic (exact) mass is 493 g/mol. The van der Waals surface area contributed by atoms with Crippen LogP contribution in [0.5, 0.6) is 0 Å². The molecule has 0 saturated heterocycles. The predicted molar refractivity (Wildman–Crippen MR) is 164 cm³/mol. The summed E-state index contributed by atoms with van der Waals surface area (Å²) in [4.78, 5) is 0. The third kappa shape index (κ3) is 30.1. The molecule has 0 nitrogen and oxygen atoms in total. The van der Waals surface area contributed by atoms with Gasteiger partial charge in [-0.15, -0.1) is 0 Å². The Balaban J connectivity index is 3.15. The van der Waals surface area contributed by atoms with Crippen LogP contribution in [-0.4, -0.2) is 0 Å². The van der Waals surface area contributed by atoms with Crippen LogP contribution in [0.1, 0.15) is 214 Å². The third-order valence-corrected chi connectivity index (χ3v) is 8.64. The van der Waals surface area contributed by atoms with Gasteiger partial charge in [0.1, 0.15) is 0 Å². The van der Waals surface area contributed by atoms with Crippen LogP contribution in [0.15, 0.2) is 0 Å². The Bertz CT molecular complexity index is 359. The van der Waals surface area contributed by atoms with Gasteiger partial charge in [-0.3, -0.25) is 0 Å². The molecule has 2 unspecified atom stereocenters. The molecule has 0 aliphatic rings. The van der Waals surface area contributed by atoms with Gasteiger partial charge < -0.3 is 0 Å². The van der Waals surface area contributed by atoms with E-state index in [9.17, 15) is 0 Å². The second-order valence-electron chi connectivity index (χ2n) is 12.5. The van der Waals surface area contributed by atoms with Crippen molar-refractivity contribution in [3.05, 3.63) is 0 Å². The Hall–Kier alpha value is 0. The highest BCUT2D eigenvalue weighted by Gasteiger charge is 2.03. The molecule has 212 valence electrons. The molecule has 0 spiro atoms. The minimum absolute atomic E-state index is 0.945. The van der Waals surface area contributed by atoms with Gasteiger partial charge in [-0.2, -0.15) is 0 Å². The summed E-state index contributed by atoms with van der Waals surface area (Å²) in [6, 6.07) is 0. The quantitative estimate of drug-likeness (QED) is 0.0874. The molecular weight excluding hydrogens is 420 g/mol. The van der Waals surface area contributed by atoms with Gasteiger partial charge in [0.05, 0.1) is 0 Å². The van der Waals surface area contributed by atoms with Crippen LogP contribution in [0.2, 0.25) is 0 Å². The molecule has 0 aliphatic heterocycles. The van der Waals surface area contributed by atoms with E-state index in [1.54, 1.807) is 0 Å². The van der Waals surface area contributed by atoms with Gasteiger partial charge in [0.25, 0.3) is 0 Å². The largest absolute Gasteiger partial charge is 0.0654 e. The van der Waals surface area contributed by atoms with E-state index in [4.69, 9.17) is 0 Å². The van der Waals surface area contributed by atoms with Crippen molar-refractivity contribution >= 4 is 0 Å². The minimum atomic E-state index is 0.945. The van der Waals surface area contributed by atoms with Gasteiger partial charge >= 0.3 is 0 Å². The lowest BCUT2D eigenvalue weighted by molar-refractivity contribution is 0.428. The Morgan fingerprint density at radius 3 is 0.771 bits per heavy atom. The molecule has 0 heterocycles. The SMILES string of the molecule is CCCCCCCCCCCCCCCCCCCCC(C)CCCCCCCCCC(C)CC. The number of hydrogen-bond donors (Lipinski definition) is 0. The lowest BCUT2D eigenvalue weighted by atomic mass is 9.95. The number of rotatable bonds is 30. The van der Waals surface area contributed by atoms with E-state index in [0.717, 1.165) is 11.8 Å². The van der Waals surface area contributed by atoms with Gasteiger partial charge in [-0.1, -0.05) is 214 Å². The summed E-state index contributed by atoms with van der Waals surface area (Å²) in [5.41, 5.74) is 0. The van der Waals surface area contributed by atoms with Crippen molar-refractivity contribution in [1.82, 2.24) is 0 Å². The Labute approximate surface area is 225 Å². The van der Waals surface area contributed by atoms with Crippen LogP contribution < -0.4 is 0 Å². The minimum Gasteiger partial charge on any atom is -0.0654 e. The van der Waals surface area contributed by atoms with Crippen molar-refractivity contribution in [2.45, 2.75) is 214 Å². The maximum absolute atomic E-state index is 2.50. The maximum atomic E-state index is 2.50. The number of unbranched alkanes of at least 4 members (excludes halogenated alkanes) is 23. The first-order valence-corrected chi connectivity index (χ1v) is 17.2. The summed E-state index contributed by atoms with van der Waals surface area (Å²) in [7, 11) is 0. The van der Waals surface area contributed by atoms with Crippen LogP contribution in [-0.2, 0) is 0 Å². The van der Waals surface area contributed by atoms with Crippen LogP contribution in [0.25, 0.3) is 0 Å². The zero-order valence-corrected chi connectivity index (χ0v) is 25.7. The van der Waals surface area contributed by atoms with Gasteiger partial charge in [0, 0.05) is 0 Å². The topological polar surface area (TPSA) is 0 Å². The first-order chi connectivity index (χ1) is 17.2. The number of hydrogen-bond acceptors (Lipinski definition) is 0. The van der Waals surface area contributed by atoms with Crippen molar-refractivity contribution in [3.63, 3.8) is 0 Å². The van der Waals surface area contributed by atoms with E-state index >= 15 is 0 Å².